The van der Waals surface area contributed by atoms with Crippen LogP contribution in [-0.4, -0.2) is 197 Å². The lowest BCUT2D eigenvalue weighted by Gasteiger charge is -2.44. The SMILES string of the molecule is COc1cc(C=CC(=O)OCC2OC(OCC3OC(OC4=Cc5c(O)cc(O)cc5[OH+]C4c4ccc(O)c(O)c4)C(OCC4OC(O)C(O)C4O)C(O)C3O)C(O)C(O)C2O)cc(OC)c1O. The number of hydrogen-bond donors (Lipinski definition) is 13. The van der Waals surface area contributed by atoms with Gasteiger partial charge in [-0.25, -0.2) is 4.79 Å². The van der Waals surface area contributed by atoms with E-state index in [2.05, 4.69) is 4.74 Å². The minimum Gasteiger partial charge on any atom is -0.571 e. The standard InChI is InChI=1S/C43H50O24/c1-58-24-7-16(8-25(59-2)31(24)49)3-6-30(48)60-13-28-32(50)35(53)38(56)42(66-28)62-15-29-33(51)36(54)40(61-14-27-34(52)37(55)41(57)64-27)43(67-29)65-26-12-19-21(46)10-18(44)11-23(19)63-39(26)17-4-5-20(45)22(47)9-17/h3-12,27-29,32-47,49-57H,13-15H2,1-2H3/p+1. The topological polar surface area (TPSA) is 376 Å². The molecule has 0 saturated carbocycles. The first-order valence-electron chi connectivity index (χ1n) is 20.5. The zero-order chi connectivity index (χ0) is 48.4. The monoisotopic (exact) mass is 951 g/mol. The Balaban J connectivity index is 1.09. The molecule has 15 unspecified atom stereocenters. The van der Waals surface area contributed by atoms with E-state index in [-0.39, 0.29) is 45.6 Å². The molecule has 3 saturated heterocycles. The van der Waals surface area contributed by atoms with Crippen LogP contribution in [-0.2, 0) is 38.0 Å². The van der Waals surface area contributed by atoms with Gasteiger partial charge in [0, 0.05) is 18.2 Å². The molecule has 3 fully saturated rings. The van der Waals surface area contributed by atoms with Gasteiger partial charge in [0.1, 0.15) is 90.8 Å². The number of carbonyl (C=O) groups is 1. The number of aliphatic hydroxyl groups excluding tert-OH is 8. The Labute approximate surface area is 379 Å². The van der Waals surface area contributed by atoms with Gasteiger partial charge in [0.25, 0.3) is 11.9 Å². The van der Waals surface area contributed by atoms with Gasteiger partial charge in [-0.05, 0) is 42.0 Å². The summed E-state index contributed by atoms with van der Waals surface area (Å²) in [4.78, 5) is 12.7. The molecular formula is C43H51O24+. The normalized spacial score (nSPS) is 32.8. The van der Waals surface area contributed by atoms with Gasteiger partial charge < -0.3 is 114 Å². The van der Waals surface area contributed by atoms with Crippen LogP contribution in [0.2, 0.25) is 0 Å². The van der Waals surface area contributed by atoms with Crippen molar-refractivity contribution >= 4 is 18.1 Å². The molecule has 24 heteroatoms. The molecule has 14 N–H and O–H groups in total. The van der Waals surface area contributed by atoms with E-state index in [1.807, 2.05) is 0 Å². The molecule has 24 nitrogen and oxygen atoms in total. The van der Waals surface area contributed by atoms with Crippen LogP contribution in [0.5, 0.6) is 46.0 Å². The maximum atomic E-state index is 12.7. The summed E-state index contributed by atoms with van der Waals surface area (Å²) in [5.41, 5.74) is 0.626. The largest absolute Gasteiger partial charge is 0.571 e. The Morgan fingerprint density at radius 3 is 1.94 bits per heavy atom. The van der Waals surface area contributed by atoms with Crippen LogP contribution >= 0.6 is 0 Å². The van der Waals surface area contributed by atoms with E-state index in [9.17, 15) is 71.2 Å². The Hall–Kier alpha value is -5.71. The highest BCUT2D eigenvalue weighted by Gasteiger charge is 2.51. The van der Waals surface area contributed by atoms with Gasteiger partial charge in [-0.15, -0.1) is 0 Å². The molecule has 15 atom stereocenters. The molecule has 0 amide bonds. The van der Waals surface area contributed by atoms with Crippen molar-refractivity contribution in [3.05, 3.63) is 71.0 Å². The fraction of sp³-hybridized carbons (Fsp3) is 0.465. The van der Waals surface area contributed by atoms with Crippen molar-refractivity contribution in [3.63, 3.8) is 0 Å². The lowest BCUT2D eigenvalue weighted by molar-refractivity contribution is -0.333. The number of rotatable bonds is 15. The first kappa shape index (κ1) is 49.2. The third-order valence-electron chi connectivity index (χ3n) is 11.3. The number of phenolic OH excluding ortho intramolecular Hbond substituents is 5. The van der Waals surface area contributed by atoms with E-state index < -0.39 is 135 Å². The van der Waals surface area contributed by atoms with Gasteiger partial charge in [-0.2, -0.15) is 0 Å². The molecule has 4 aliphatic heterocycles. The molecule has 0 aliphatic carbocycles. The van der Waals surface area contributed by atoms with Crippen molar-refractivity contribution in [1.29, 1.82) is 0 Å². The highest BCUT2D eigenvalue weighted by atomic mass is 16.7. The average Bonchev–Trinajstić information content (AvgIpc) is 3.55. The number of ether oxygens (including phenoxy) is 10. The fourth-order valence-corrected chi connectivity index (χ4v) is 7.63. The van der Waals surface area contributed by atoms with E-state index in [0.29, 0.717) is 5.56 Å². The molecule has 0 aromatic heterocycles. The summed E-state index contributed by atoms with van der Waals surface area (Å²) in [5.74, 6) is -2.94. The van der Waals surface area contributed by atoms with Crippen molar-refractivity contribution in [3.8, 4) is 46.0 Å². The Morgan fingerprint density at radius 2 is 1.28 bits per heavy atom. The summed E-state index contributed by atoms with van der Waals surface area (Å²) in [5, 5.41) is 137. The molecule has 0 radical (unpaired) electrons. The highest BCUT2D eigenvalue weighted by Crippen LogP contribution is 2.47. The zero-order valence-corrected chi connectivity index (χ0v) is 35.4. The highest BCUT2D eigenvalue weighted by molar-refractivity contribution is 5.87. The zero-order valence-electron chi connectivity index (χ0n) is 35.4. The van der Waals surface area contributed by atoms with Crippen molar-refractivity contribution < 1.29 is 119 Å². The van der Waals surface area contributed by atoms with Crippen LogP contribution < -0.4 is 9.47 Å². The van der Waals surface area contributed by atoms with Crippen molar-refractivity contribution in [2.24, 2.45) is 0 Å². The van der Waals surface area contributed by atoms with Gasteiger partial charge >= 0.3 is 5.97 Å². The summed E-state index contributed by atoms with van der Waals surface area (Å²) in [7, 11) is 2.64. The smallest absolute Gasteiger partial charge is 0.330 e. The predicted molar refractivity (Wildman–Crippen MR) is 220 cm³/mol. The van der Waals surface area contributed by atoms with Crippen LogP contribution in [0.15, 0.2) is 54.3 Å². The molecule has 4 heterocycles. The van der Waals surface area contributed by atoms with Crippen molar-refractivity contribution in [2.45, 2.75) is 92.1 Å². The molecule has 366 valence electrons. The van der Waals surface area contributed by atoms with Gasteiger partial charge in [-0.3, -0.25) is 0 Å². The molecule has 4 aliphatic rings. The average molecular weight is 952 g/mol. The number of esters is 1. The van der Waals surface area contributed by atoms with Crippen LogP contribution in [0.25, 0.3) is 12.2 Å². The van der Waals surface area contributed by atoms with E-state index in [1.54, 1.807) is 0 Å². The number of carbonyl (C=O) groups excluding carboxylic acids is 1. The minimum absolute atomic E-state index is 0.0466. The van der Waals surface area contributed by atoms with Gasteiger partial charge in [0.15, 0.2) is 41.3 Å². The summed E-state index contributed by atoms with van der Waals surface area (Å²) < 4.78 is 54.8. The minimum atomic E-state index is -1.94. The number of benzene rings is 3. The maximum absolute atomic E-state index is 12.7. The van der Waals surface area contributed by atoms with Gasteiger partial charge in [0.05, 0.1) is 39.1 Å². The lowest BCUT2D eigenvalue weighted by Crippen LogP contribution is -2.62. The van der Waals surface area contributed by atoms with Crippen LogP contribution in [0.4, 0.5) is 0 Å². The quantitative estimate of drug-likeness (QED) is 0.0337. The van der Waals surface area contributed by atoms with E-state index in [0.717, 1.165) is 24.3 Å². The second kappa shape index (κ2) is 20.7. The van der Waals surface area contributed by atoms with Crippen molar-refractivity contribution in [2.75, 3.05) is 34.0 Å². The van der Waals surface area contributed by atoms with Crippen molar-refractivity contribution in [1.82, 2.24) is 0 Å². The third-order valence-corrected chi connectivity index (χ3v) is 11.3. The lowest BCUT2D eigenvalue weighted by atomic mass is 9.97. The molecule has 3 aromatic rings. The number of aliphatic hydroxyl groups is 9. The summed E-state index contributed by atoms with van der Waals surface area (Å²) in [6.07, 6.45) is -21.9. The van der Waals surface area contributed by atoms with Gasteiger partial charge in [-0.1, -0.05) is 0 Å². The first-order chi connectivity index (χ1) is 31.9. The number of fused-ring (bicyclic) bond motifs is 1. The molecular weight excluding hydrogens is 900 g/mol. The molecule has 7 rings (SSSR count). The van der Waals surface area contributed by atoms with E-state index in [1.165, 1.54) is 50.6 Å². The predicted octanol–water partition coefficient (Wildman–Crippen LogP) is -2.06. The Morgan fingerprint density at radius 1 is 0.657 bits per heavy atom. The third kappa shape index (κ3) is 10.6. The molecule has 0 bridgehead atoms. The Bertz CT molecular complexity index is 2260. The summed E-state index contributed by atoms with van der Waals surface area (Å²) in [6, 6.07) is 8.80. The van der Waals surface area contributed by atoms with E-state index >= 15 is 0 Å². The molecule has 67 heavy (non-hydrogen) atoms. The second-order valence-electron chi connectivity index (χ2n) is 15.8. The van der Waals surface area contributed by atoms with Crippen LogP contribution in [0.3, 0.4) is 0 Å². The van der Waals surface area contributed by atoms with Gasteiger partial charge in [0.2, 0.25) is 12.0 Å². The number of methoxy groups -OCH3 is 2. The second-order valence-corrected chi connectivity index (χ2v) is 15.8. The fourth-order valence-electron chi connectivity index (χ4n) is 7.63. The summed E-state index contributed by atoms with van der Waals surface area (Å²) >= 11 is 0. The maximum Gasteiger partial charge on any atom is 0.330 e. The van der Waals surface area contributed by atoms with Crippen LogP contribution in [0, 0.1) is 0 Å². The number of hydrogen-bond acceptors (Lipinski definition) is 23. The van der Waals surface area contributed by atoms with Crippen LogP contribution in [0.1, 0.15) is 22.8 Å². The van der Waals surface area contributed by atoms with E-state index in [4.69, 9.17) is 42.6 Å². The number of phenols is 5. The summed E-state index contributed by atoms with van der Waals surface area (Å²) in [6.45, 7) is -2.03. The first-order valence-corrected chi connectivity index (χ1v) is 20.5. The number of aromatic hydroxyl groups is 6. The molecule has 0 spiro atoms. The molecule has 3 aromatic carbocycles. The Kier molecular flexibility index (Phi) is 15.2.